The zero-order chi connectivity index (χ0) is 46.0. The first-order valence-corrected chi connectivity index (χ1v) is 26.7. The highest BCUT2D eigenvalue weighted by Gasteiger charge is 2.37. The third-order valence-electron chi connectivity index (χ3n) is 14.9. The molecule has 0 bridgehead atoms. The van der Waals surface area contributed by atoms with Gasteiger partial charge in [0.1, 0.15) is 31.5 Å². The van der Waals surface area contributed by atoms with Gasteiger partial charge in [0.15, 0.2) is 0 Å². The Morgan fingerprint density at radius 1 is 0.420 bits per heavy atom. The molecule has 4 aromatic heterocycles. The Bertz CT molecular complexity index is 4350. The van der Waals surface area contributed by atoms with E-state index < -0.39 is 8.07 Å². The second-order valence-electron chi connectivity index (χ2n) is 19.0. The predicted molar refractivity (Wildman–Crippen MR) is 290 cm³/mol. The van der Waals surface area contributed by atoms with Crippen molar-refractivity contribution in [1.82, 2.24) is 18.9 Å². The molecule has 0 N–H and O–H groups in total. The van der Waals surface area contributed by atoms with Gasteiger partial charge >= 0.3 is 0 Å². The van der Waals surface area contributed by atoms with Crippen molar-refractivity contribution in [3.8, 4) is 50.6 Å². The van der Waals surface area contributed by atoms with Gasteiger partial charge in [-0.2, -0.15) is 0 Å². The molecular weight excluding hydrogens is 857 g/mol. The van der Waals surface area contributed by atoms with Crippen molar-refractivity contribution in [2.75, 3.05) is 0 Å². The van der Waals surface area contributed by atoms with Crippen LogP contribution >= 0.6 is 0 Å². The van der Waals surface area contributed by atoms with E-state index in [1.54, 1.807) is 0 Å². The van der Waals surface area contributed by atoms with Crippen molar-refractivity contribution in [2.24, 2.45) is 0 Å². The molecule has 13 aromatic rings. The van der Waals surface area contributed by atoms with Gasteiger partial charge < -0.3 is 4.74 Å². The molecule has 14 rings (SSSR count). The maximum absolute atomic E-state index is 6.97. The van der Waals surface area contributed by atoms with Gasteiger partial charge in [-0.05, 0) is 103 Å². The van der Waals surface area contributed by atoms with E-state index in [0.717, 1.165) is 61.1 Å². The number of aryl methyl sites for hydroxylation is 1. The Labute approximate surface area is 399 Å². The number of pyridine rings is 1. The average Bonchev–Trinajstić information content (AvgIpc) is 3.99. The van der Waals surface area contributed by atoms with Crippen LogP contribution in [0.5, 0.6) is 11.5 Å². The molecule has 1 aliphatic heterocycles. The minimum absolute atomic E-state index is 0.759. The number of para-hydroxylation sites is 1. The van der Waals surface area contributed by atoms with Crippen LogP contribution in [-0.2, 0) is 0 Å². The second kappa shape index (κ2) is 15.0. The van der Waals surface area contributed by atoms with Gasteiger partial charge in [-0.1, -0.05) is 171 Å². The minimum Gasteiger partial charge on any atom is -0.457 e. The summed E-state index contributed by atoms with van der Waals surface area (Å²) in [4.78, 5) is 10.4. The highest BCUT2D eigenvalue weighted by molar-refractivity contribution is 7.02. The van der Waals surface area contributed by atoms with E-state index in [0.29, 0.717) is 0 Å². The summed E-state index contributed by atoms with van der Waals surface area (Å²) in [7, 11) is -2.19. The average molecular weight is 901 g/mol. The molecule has 326 valence electrons. The van der Waals surface area contributed by atoms with E-state index >= 15 is 0 Å². The molecule has 0 unspecified atom stereocenters. The molecule has 1 aliphatic rings. The van der Waals surface area contributed by atoms with Gasteiger partial charge in [-0.3, -0.25) is 8.97 Å². The van der Waals surface area contributed by atoms with Crippen LogP contribution in [-0.4, -0.2) is 27.0 Å². The summed E-state index contributed by atoms with van der Waals surface area (Å²) in [6, 6.07) is 72.5. The molecule has 0 radical (unpaired) electrons. The lowest BCUT2D eigenvalue weighted by atomic mass is 9.88. The first kappa shape index (κ1) is 39.6. The third-order valence-corrected chi connectivity index (χ3v) is 18.4. The van der Waals surface area contributed by atoms with Crippen molar-refractivity contribution >= 4 is 89.3 Å². The fourth-order valence-electron chi connectivity index (χ4n) is 11.6. The Hall–Kier alpha value is -8.58. The number of ether oxygens (including phenoxy) is 1. The number of benzene rings is 9. The van der Waals surface area contributed by atoms with E-state index in [-0.39, 0.29) is 0 Å². The van der Waals surface area contributed by atoms with Crippen LogP contribution in [0.4, 0.5) is 0 Å². The standard InChI is InChI=1S/C63H44N4OSi/c1-39-16-4-5-17-42(39)43-18-6-7-19-44(43)45-20-8-11-23-48(45)52-32-34-59-62-60(52)65-38-66(62)57-37-41(30-33-58(57)69(59,2)3)68-40-29-31-51-54-27-14-26-53-49-24-12-9-21-46(49)47-22-10-13-25-50(47)55-28-15-35-64-63(55)67(61(53)54)56(51)36-40/h4-38H,1-3H3. The molecule has 0 fully saturated rings. The Kier molecular flexibility index (Phi) is 8.58. The van der Waals surface area contributed by atoms with Crippen molar-refractivity contribution in [2.45, 2.75) is 20.0 Å². The van der Waals surface area contributed by atoms with Crippen molar-refractivity contribution in [3.05, 3.63) is 218 Å². The van der Waals surface area contributed by atoms with Gasteiger partial charge in [-0.25, -0.2) is 9.97 Å². The van der Waals surface area contributed by atoms with E-state index in [1.165, 1.54) is 76.2 Å². The van der Waals surface area contributed by atoms with Crippen LogP contribution in [0.15, 0.2) is 213 Å². The van der Waals surface area contributed by atoms with E-state index in [9.17, 15) is 0 Å². The normalized spacial score (nSPS) is 13.0. The zero-order valence-electron chi connectivity index (χ0n) is 38.4. The summed E-state index contributed by atoms with van der Waals surface area (Å²) in [6.45, 7) is 7.12. The molecule has 0 spiro atoms. The fourth-order valence-corrected chi connectivity index (χ4v) is 14.6. The molecule has 6 heteroatoms. The number of hydrogen-bond donors (Lipinski definition) is 0. The van der Waals surface area contributed by atoms with Gasteiger partial charge in [0.05, 0.1) is 27.8 Å². The highest BCUT2D eigenvalue weighted by atomic mass is 28.3. The molecule has 0 amide bonds. The highest BCUT2D eigenvalue weighted by Crippen LogP contribution is 2.43. The summed E-state index contributed by atoms with van der Waals surface area (Å²) < 4.78 is 11.6. The second-order valence-corrected chi connectivity index (χ2v) is 23.3. The van der Waals surface area contributed by atoms with Gasteiger partial charge in [0, 0.05) is 45.4 Å². The lowest BCUT2D eigenvalue weighted by molar-refractivity contribution is 0.483. The first-order chi connectivity index (χ1) is 33.9. The SMILES string of the molecule is Cc1ccccc1-c1ccccc1-c1ccccc1-c1ccc2c3c1ncn3-c1cc(Oc3ccc4c5cccc6c7ccccc7c7ccccc7c7cccnc7n(c4c3)c65)ccc1[Si]2(C)C. The topological polar surface area (TPSA) is 44.3 Å². The zero-order valence-corrected chi connectivity index (χ0v) is 39.4. The molecule has 9 aromatic carbocycles. The minimum atomic E-state index is -2.19. The third kappa shape index (κ3) is 5.82. The van der Waals surface area contributed by atoms with Gasteiger partial charge in [-0.15, -0.1) is 0 Å². The smallest absolute Gasteiger partial charge is 0.145 e. The van der Waals surface area contributed by atoms with Gasteiger partial charge in [0.2, 0.25) is 0 Å². The van der Waals surface area contributed by atoms with Crippen LogP contribution in [0.1, 0.15) is 5.56 Å². The quantitative estimate of drug-likeness (QED) is 0.162. The van der Waals surface area contributed by atoms with Crippen molar-refractivity contribution in [1.29, 1.82) is 0 Å². The molecule has 0 saturated heterocycles. The largest absolute Gasteiger partial charge is 0.457 e. The number of imidazole rings is 1. The Balaban J connectivity index is 0.926. The summed E-state index contributed by atoms with van der Waals surface area (Å²) in [5, 5.41) is 12.1. The lowest BCUT2D eigenvalue weighted by Crippen LogP contribution is -2.57. The van der Waals surface area contributed by atoms with Gasteiger partial charge in [0.25, 0.3) is 0 Å². The summed E-state index contributed by atoms with van der Waals surface area (Å²) in [5.74, 6) is 1.54. The van der Waals surface area contributed by atoms with Crippen molar-refractivity contribution < 1.29 is 4.74 Å². The number of fused-ring (bicyclic) bond motifs is 12. The first-order valence-electron chi connectivity index (χ1n) is 23.7. The summed E-state index contributed by atoms with van der Waals surface area (Å²) in [6.07, 6.45) is 3.92. The monoisotopic (exact) mass is 900 g/mol. The lowest BCUT2D eigenvalue weighted by Gasteiger charge is -2.33. The molecule has 0 atom stereocenters. The van der Waals surface area contributed by atoms with E-state index in [4.69, 9.17) is 14.7 Å². The summed E-state index contributed by atoms with van der Waals surface area (Å²) in [5.41, 5.74) is 14.8. The Morgan fingerprint density at radius 2 is 0.957 bits per heavy atom. The maximum Gasteiger partial charge on any atom is 0.145 e. The van der Waals surface area contributed by atoms with Crippen LogP contribution in [0.3, 0.4) is 0 Å². The maximum atomic E-state index is 6.97. The van der Waals surface area contributed by atoms with E-state index in [1.807, 2.05) is 18.6 Å². The van der Waals surface area contributed by atoms with Crippen LogP contribution in [0.25, 0.3) is 110 Å². The van der Waals surface area contributed by atoms with Crippen LogP contribution < -0.4 is 15.1 Å². The fraction of sp³-hybridized carbons (Fsp3) is 0.0476. The molecule has 0 saturated carbocycles. The van der Waals surface area contributed by atoms with Crippen molar-refractivity contribution in [3.63, 3.8) is 0 Å². The number of rotatable bonds is 5. The summed E-state index contributed by atoms with van der Waals surface area (Å²) >= 11 is 0. The molecular formula is C63H44N4OSi. The van der Waals surface area contributed by atoms with Crippen LogP contribution in [0.2, 0.25) is 13.1 Å². The predicted octanol–water partition coefficient (Wildman–Crippen LogP) is 15.2. The molecule has 69 heavy (non-hydrogen) atoms. The molecule has 0 aliphatic carbocycles. The van der Waals surface area contributed by atoms with Crippen LogP contribution in [0, 0.1) is 6.92 Å². The number of aromatic nitrogens is 4. The Morgan fingerprint density at radius 3 is 1.67 bits per heavy atom. The number of hydrogen-bond acceptors (Lipinski definition) is 3. The number of nitrogens with zero attached hydrogens (tertiary/aromatic N) is 4. The molecule has 5 heterocycles. The van der Waals surface area contributed by atoms with E-state index in [2.05, 4.69) is 223 Å². The molecule has 5 nitrogen and oxygen atoms in total.